The highest BCUT2D eigenvalue weighted by molar-refractivity contribution is 5.95. The molecule has 0 unspecified atom stereocenters. The van der Waals surface area contributed by atoms with Crippen LogP contribution < -0.4 is 0 Å². The summed E-state index contributed by atoms with van der Waals surface area (Å²) in [5, 5.41) is 2.67. The fourth-order valence-corrected chi connectivity index (χ4v) is 1.00. The second-order valence-electron chi connectivity index (χ2n) is 2.63. The maximum Gasteiger partial charge on any atom is 0.366 e. The minimum absolute atomic E-state index is 0.0851. The van der Waals surface area contributed by atoms with E-state index in [1.54, 1.807) is 0 Å². The molecule has 0 aliphatic rings. The van der Waals surface area contributed by atoms with Gasteiger partial charge in [-0.05, 0) is 18.2 Å². The number of benzene rings is 1. The van der Waals surface area contributed by atoms with E-state index >= 15 is 0 Å². The van der Waals surface area contributed by atoms with Gasteiger partial charge >= 0.3 is 11.9 Å². The highest BCUT2D eigenvalue weighted by Crippen LogP contribution is 2.08. The Balaban J connectivity index is 2.93. The van der Waals surface area contributed by atoms with Gasteiger partial charge in [-0.3, -0.25) is 0 Å². The van der Waals surface area contributed by atoms with Crippen LogP contribution in [0.2, 0.25) is 0 Å². The SMILES string of the molecule is COC(=O)c1cccc(C(=O)ON=C=O)c1. The number of rotatable bonds is 3. The van der Waals surface area contributed by atoms with Crippen molar-refractivity contribution in [3.8, 4) is 0 Å². The molecular weight excluding hydrogens is 214 g/mol. The van der Waals surface area contributed by atoms with Gasteiger partial charge < -0.3 is 9.57 Å². The first-order valence-electron chi connectivity index (χ1n) is 4.16. The lowest BCUT2D eigenvalue weighted by atomic mass is 10.1. The number of carbonyl (C=O) groups is 2. The second kappa shape index (κ2) is 5.43. The van der Waals surface area contributed by atoms with Gasteiger partial charge in [-0.2, -0.15) is 0 Å². The highest BCUT2D eigenvalue weighted by atomic mass is 16.7. The minimum atomic E-state index is -0.853. The van der Waals surface area contributed by atoms with Crippen molar-refractivity contribution in [3.05, 3.63) is 35.4 Å². The van der Waals surface area contributed by atoms with Gasteiger partial charge in [-0.25, -0.2) is 14.4 Å². The van der Waals surface area contributed by atoms with E-state index in [1.165, 1.54) is 31.4 Å². The van der Waals surface area contributed by atoms with E-state index in [0.29, 0.717) is 0 Å². The highest BCUT2D eigenvalue weighted by Gasteiger charge is 2.11. The van der Waals surface area contributed by atoms with E-state index in [-0.39, 0.29) is 11.1 Å². The molecule has 0 saturated heterocycles. The first-order valence-corrected chi connectivity index (χ1v) is 4.16. The molecule has 0 aliphatic heterocycles. The molecule has 0 aromatic heterocycles. The van der Waals surface area contributed by atoms with Gasteiger partial charge in [0.05, 0.1) is 18.2 Å². The summed E-state index contributed by atoms with van der Waals surface area (Å²) in [6, 6.07) is 5.64. The molecule has 1 aromatic rings. The standard InChI is InChI=1S/C10H7NO5/c1-15-9(13)7-3-2-4-8(5-7)10(14)16-11-6-12/h2-5H,1H3. The molecule has 6 heteroatoms. The van der Waals surface area contributed by atoms with Crippen molar-refractivity contribution in [1.82, 2.24) is 0 Å². The third kappa shape index (κ3) is 2.76. The van der Waals surface area contributed by atoms with Crippen LogP contribution >= 0.6 is 0 Å². The maximum atomic E-state index is 11.2. The molecule has 16 heavy (non-hydrogen) atoms. The number of hydrogen-bond donors (Lipinski definition) is 0. The Morgan fingerprint density at radius 3 is 2.44 bits per heavy atom. The summed E-state index contributed by atoms with van der Waals surface area (Å²) in [6.07, 6.45) is 1.06. The molecular formula is C10H7NO5. The first-order chi connectivity index (χ1) is 7.69. The van der Waals surface area contributed by atoms with Crippen LogP contribution in [0.4, 0.5) is 0 Å². The Bertz CT molecular complexity index is 462. The Labute approximate surface area is 90.5 Å². The summed E-state index contributed by atoms with van der Waals surface area (Å²) >= 11 is 0. The largest absolute Gasteiger partial charge is 0.465 e. The van der Waals surface area contributed by atoms with Crippen LogP contribution in [0.5, 0.6) is 0 Å². The third-order valence-electron chi connectivity index (χ3n) is 1.69. The van der Waals surface area contributed by atoms with E-state index in [0.717, 1.165) is 6.08 Å². The Kier molecular flexibility index (Phi) is 3.94. The molecule has 1 rings (SSSR count). The first kappa shape index (κ1) is 11.6. The normalized spacial score (nSPS) is 8.81. The monoisotopic (exact) mass is 221 g/mol. The minimum Gasteiger partial charge on any atom is -0.465 e. The number of hydrogen-bond acceptors (Lipinski definition) is 6. The van der Waals surface area contributed by atoms with Crippen molar-refractivity contribution in [2.75, 3.05) is 7.11 Å². The van der Waals surface area contributed by atoms with Crippen molar-refractivity contribution in [1.29, 1.82) is 0 Å². The Morgan fingerprint density at radius 2 is 1.88 bits per heavy atom. The molecule has 0 bridgehead atoms. The van der Waals surface area contributed by atoms with Crippen molar-refractivity contribution in [3.63, 3.8) is 0 Å². The number of isocyanates is 1. The van der Waals surface area contributed by atoms with Crippen molar-refractivity contribution in [2.45, 2.75) is 0 Å². The average molecular weight is 221 g/mol. The topological polar surface area (TPSA) is 82.0 Å². The van der Waals surface area contributed by atoms with Gasteiger partial charge in [0, 0.05) is 5.16 Å². The molecule has 0 aliphatic carbocycles. The summed E-state index contributed by atoms with van der Waals surface area (Å²) in [6.45, 7) is 0. The van der Waals surface area contributed by atoms with Gasteiger partial charge in [-0.1, -0.05) is 6.07 Å². The van der Waals surface area contributed by atoms with Crippen LogP contribution in [0.3, 0.4) is 0 Å². The molecule has 0 N–H and O–H groups in total. The zero-order chi connectivity index (χ0) is 12.0. The summed E-state index contributed by atoms with van der Waals surface area (Å²) < 4.78 is 4.48. The number of esters is 1. The number of ether oxygens (including phenoxy) is 1. The van der Waals surface area contributed by atoms with E-state index < -0.39 is 11.9 Å². The average Bonchev–Trinajstić information content (AvgIpc) is 2.35. The van der Waals surface area contributed by atoms with Crippen molar-refractivity contribution < 1.29 is 24.0 Å². The van der Waals surface area contributed by atoms with E-state index in [4.69, 9.17) is 0 Å². The van der Waals surface area contributed by atoms with Gasteiger partial charge in [0.15, 0.2) is 0 Å². The summed E-state index contributed by atoms with van der Waals surface area (Å²) in [4.78, 5) is 36.2. The lowest BCUT2D eigenvalue weighted by Gasteiger charge is -2.00. The second-order valence-corrected chi connectivity index (χ2v) is 2.63. The molecule has 1 aromatic carbocycles. The quantitative estimate of drug-likeness (QED) is 0.249. The predicted molar refractivity (Wildman–Crippen MR) is 51.3 cm³/mol. The van der Waals surface area contributed by atoms with Crippen LogP contribution in [0.1, 0.15) is 20.7 Å². The van der Waals surface area contributed by atoms with E-state index in [2.05, 4.69) is 14.7 Å². The number of nitrogens with zero attached hydrogens (tertiary/aromatic N) is 1. The summed E-state index contributed by atoms with van der Waals surface area (Å²) in [7, 11) is 1.23. The van der Waals surface area contributed by atoms with Gasteiger partial charge in [0.2, 0.25) is 0 Å². The molecule has 6 nitrogen and oxygen atoms in total. The Morgan fingerprint density at radius 1 is 1.25 bits per heavy atom. The van der Waals surface area contributed by atoms with E-state index in [1.807, 2.05) is 0 Å². The zero-order valence-corrected chi connectivity index (χ0v) is 8.30. The Hall–Kier alpha value is -2.46. The molecule has 82 valence electrons. The lowest BCUT2D eigenvalue weighted by Crippen LogP contribution is -2.05. The van der Waals surface area contributed by atoms with Crippen LogP contribution in [-0.2, 0) is 14.4 Å². The maximum absolute atomic E-state index is 11.2. The molecule has 0 fully saturated rings. The van der Waals surface area contributed by atoms with Crippen LogP contribution in [-0.4, -0.2) is 25.1 Å². The van der Waals surface area contributed by atoms with Gasteiger partial charge in [0.1, 0.15) is 0 Å². The molecule has 0 amide bonds. The number of methoxy groups -OCH3 is 1. The fraction of sp³-hybridized carbons (Fsp3) is 0.100. The van der Waals surface area contributed by atoms with Crippen molar-refractivity contribution in [2.24, 2.45) is 5.16 Å². The van der Waals surface area contributed by atoms with Crippen LogP contribution in [0, 0.1) is 0 Å². The molecule has 0 atom stereocenters. The van der Waals surface area contributed by atoms with Gasteiger partial charge in [-0.15, -0.1) is 0 Å². The molecule has 0 spiro atoms. The third-order valence-corrected chi connectivity index (χ3v) is 1.69. The van der Waals surface area contributed by atoms with Crippen LogP contribution in [0.15, 0.2) is 29.4 Å². The summed E-state index contributed by atoms with van der Waals surface area (Å²) in [5.41, 5.74) is 0.286. The molecule has 0 heterocycles. The zero-order valence-electron chi connectivity index (χ0n) is 8.30. The fourth-order valence-electron chi connectivity index (χ4n) is 1.00. The van der Waals surface area contributed by atoms with Crippen molar-refractivity contribution >= 4 is 18.0 Å². The molecule has 0 saturated carbocycles. The molecule has 0 radical (unpaired) electrons. The van der Waals surface area contributed by atoms with E-state index in [9.17, 15) is 14.4 Å². The smallest absolute Gasteiger partial charge is 0.366 e. The lowest BCUT2D eigenvalue weighted by molar-refractivity contribution is 0.0515. The summed E-state index contributed by atoms with van der Waals surface area (Å²) in [5.74, 6) is -1.43. The number of carbonyl (C=O) groups excluding carboxylic acids is 3. The van der Waals surface area contributed by atoms with Gasteiger partial charge in [0.25, 0.3) is 6.08 Å². The predicted octanol–water partition coefficient (Wildman–Crippen LogP) is 0.881. The van der Waals surface area contributed by atoms with Crippen LogP contribution in [0.25, 0.3) is 0 Å².